The van der Waals surface area contributed by atoms with Crippen LogP contribution in [0.4, 0.5) is 5.69 Å². The van der Waals surface area contributed by atoms with Gasteiger partial charge in [-0.15, -0.1) is 0 Å². The highest BCUT2D eigenvalue weighted by Crippen LogP contribution is 2.36. The molecule has 2 aromatic carbocycles. The summed E-state index contributed by atoms with van der Waals surface area (Å²) in [6.45, 7) is 2.77. The second-order valence-electron chi connectivity index (χ2n) is 4.79. The number of amides is 1. The summed E-state index contributed by atoms with van der Waals surface area (Å²) >= 11 is 5.16. The fraction of sp³-hybridized carbons (Fsp3) is 0.188. The highest BCUT2D eigenvalue weighted by atomic mass is 79.9. The Balaban J connectivity index is 1.84. The van der Waals surface area contributed by atoms with Crippen molar-refractivity contribution in [3.8, 4) is 0 Å². The Labute approximate surface area is 136 Å². The molecule has 3 nitrogen and oxygen atoms in total. The molecule has 108 valence electrons. The van der Waals surface area contributed by atoms with Crippen LogP contribution in [0.15, 0.2) is 56.7 Å². The van der Waals surface area contributed by atoms with Gasteiger partial charge < -0.3 is 10.6 Å². The first-order chi connectivity index (χ1) is 10.2. The standard InChI is InChI=1S/C16H15BrN2OS/c1-2-18-15-13-7-6-12(9-14(13)19-16(15)20)21-11-5-3-4-10(17)8-11/h3-9,15,18H,2H2,1H3,(H,19,20). The first-order valence-corrected chi connectivity index (χ1v) is 8.40. The topological polar surface area (TPSA) is 41.1 Å². The van der Waals surface area contributed by atoms with Crippen molar-refractivity contribution in [2.24, 2.45) is 0 Å². The minimum absolute atomic E-state index is 0.0245. The molecule has 0 fully saturated rings. The van der Waals surface area contributed by atoms with Crippen molar-refractivity contribution in [1.82, 2.24) is 5.32 Å². The van der Waals surface area contributed by atoms with Crippen molar-refractivity contribution in [2.75, 3.05) is 11.9 Å². The Hall–Kier alpha value is -1.30. The number of carbonyl (C=O) groups is 1. The molecular formula is C16H15BrN2OS. The van der Waals surface area contributed by atoms with Crippen LogP contribution in [-0.4, -0.2) is 12.5 Å². The maximum Gasteiger partial charge on any atom is 0.246 e. The maximum absolute atomic E-state index is 11.9. The zero-order valence-electron chi connectivity index (χ0n) is 11.5. The van der Waals surface area contributed by atoms with Crippen molar-refractivity contribution < 1.29 is 4.79 Å². The van der Waals surface area contributed by atoms with Gasteiger partial charge in [-0.3, -0.25) is 4.79 Å². The van der Waals surface area contributed by atoms with Gasteiger partial charge in [-0.05, 0) is 36.9 Å². The van der Waals surface area contributed by atoms with Gasteiger partial charge in [0.15, 0.2) is 0 Å². The summed E-state index contributed by atoms with van der Waals surface area (Å²) < 4.78 is 1.06. The van der Waals surface area contributed by atoms with Crippen LogP contribution in [0.1, 0.15) is 18.5 Å². The van der Waals surface area contributed by atoms with Gasteiger partial charge in [0.05, 0.1) is 0 Å². The third kappa shape index (κ3) is 3.15. The average Bonchev–Trinajstić information content (AvgIpc) is 2.75. The second kappa shape index (κ2) is 6.22. The molecule has 0 spiro atoms. The lowest BCUT2D eigenvalue weighted by molar-refractivity contribution is -0.117. The lowest BCUT2D eigenvalue weighted by Crippen LogP contribution is -2.27. The third-order valence-corrected chi connectivity index (χ3v) is 4.77. The first kappa shape index (κ1) is 14.6. The van der Waals surface area contributed by atoms with E-state index in [4.69, 9.17) is 0 Å². The minimum Gasteiger partial charge on any atom is -0.324 e. The molecule has 0 saturated carbocycles. The van der Waals surface area contributed by atoms with E-state index in [1.807, 2.05) is 31.2 Å². The van der Waals surface area contributed by atoms with Crippen molar-refractivity contribution in [3.63, 3.8) is 0 Å². The Morgan fingerprint density at radius 3 is 2.81 bits per heavy atom. The summed E-state index contributed by atoms with van der Waals surface area (Å²) in [5.41, 5.74) is 1.94. The number of anilines is 1. The predicted octanol–water partition coefficient (Wildman–Crippen LogP) is 4.20. The van der Waals surface area contributed by atoms with Gasteiger partial charge in [0.2, 0.25) is 5.91 Å². The first-order valence-electron chi connectivity index (χ1n) is 6.79. The molecule has 3 rings (SSSR count). The fourth-order valence-corrected chi connectivity index (χ4v) is 3.85. The van der Waals surface area contributed by atoms with E-state index >= 15 is 0 Å². The van der Waals surface area contributed by atoms with E-state index in [1.54, 1.807) is 11.8 Å². The molecular weight excluding hydrogens is 348 g/mol. The largest absolute Gasteiger partial charge is 0.324 e. The van der Waals surface area contributed by atoms with Crippen molar-refractivity contribution in [1.29, 1.82) is 0 Å². The summed E-state index contributed by atoms with van der Waals surface area (Å²) in [5.74, 6) is 0.0245. The monoisotopic (exact) mass is 362 g/mol. The Morgan fingerprint density at radius 2 is 2.05 bits per heavy atom. The van der Waals surface area contributed by atoms with Gasteiger partial charge >= 0.3 is 0 Å². The lowest BCUT2D eigenvalue weighted by atomic mass is 10.1. The minimum atomic E-state index is -0.227. The molecule has 0 saturated heterocycles. The van der Waals surface area contributed by atoms with Crippen LogP contribution in [0.5, 0.6) is 0 Å². The molecule has 1 amide bonds. The smallest absolute Gasteiger partial charge is 0.246 e. The predicted molar refractivity (Wildman–Crippen MR) is 89.8 cm³/mol. The number of halogens is 1. The number of rotatable bonds is 4. The van der Waals surface area contributed by atoms with E-state index in [1.165, 1.54) is 0 Å². The van der Waals surface area contributed by atoms with Crippen LogP contribution < -0.4 is 10.6 Å². The highest BCUT2D eigenvalue weighted by Gasteiger charge is 2.29. The SMILES string of the molecule is CCNC1C(=O)Nc2cc(Sc3cccc(Br)c3)ccc21. The van der Waals surface area contributed by atoms with Crippen molar-refractivity contribution in [3.05, 3.63) is 52.5 Å². The molecule has 0 radical (unpaired) electrons. The molecule has 0 bridgehead atoms. The lowest BCUT2D eigenvalue weighted by Gasteiger charge is -2.09. The number of benzene rings is 2. The highest BCUT2D eigenvalue weighted by molar-refractivity contribution is 9.10. The maximum atomic E-state index is 11.9. The van der Waals surface area contributed by atoms with Crippen LogP contribution >= 0.6 is 27.7 Å². The van der Waals surface area contributed by atoms with Gasteiger partial charge in [0, 0.05) is 25.5 Å². The molecule has 2 N–H and O–H groups in total. The Kier molecular flexibility index (Phi) is 4.33. The van der Waals surface area contributed by atoms with E-state index in [2.05, 4.69) is 44.8 Å². The summed E-state index contributed by atoms with van der Waals surface area (Å²) in [6.07, 6.45) is 0. The second-order valence-corrected chi connectivity index (χ2v) is 6.85. The Bertz CT molecular complexity index is 690. The molecule has 5 heteroatoms. The third-order valence-electron chi connectivity index (χ3n) is 3.30. The molecule has 0 aromatic heterocycles. The van der Waals surface area contributed by atoms with Gasteiger partial charge in [0.25, 0.3) is 0 Å². The number of carbonyl (C=O) groups excluding carboxylic acids is 1. The average molecular weight is 363 g/mol. The number of likely N-dealkylation sites (N-methyl/N-ethyl adjacent to an activating group) is 1. The van der Waals surface area contributed by atoms with Crippen LogP contribution in [0.25, 0.3) is 0 Å². The zero-order valence-corrected chi connectivity index (χ0v) is 13.9. The van der Waals surface area contributed by atoms with Gasteiger partial charge in [-0.25, -0.2) is 0 Å². The van der Waals surface area contributed by atoms with Crippen molar-refractivity contribution >= 4 is 39.3 Å². The molecule has 1 aliphatic rings. The summed E-state index contributed by atoms with van der Waals surface area (Å²) in [4.78, 5) is 14.2. The molecule has 1 unspecified atom stereocenters. The number of fused-ring (bicyclic) bond motifs is 1. The molecule has 1 atom stereocenters. The van der Waals surface area contributed by atoms with E-state index in [9.17, 15) is 4.79 Å². The summed E-state index contributed by atoms with van der Waals surface area (Å²) in [5, 5.41) is 6.15. The molecule has 2 aromatic rings. The van der Waals surface area contributed by atoms with Crippen LogP contribution in [0.2, 0.25) is 0 Å². The van der Waals surface area contributed by atoms with Crippen LogP contribution in [0.3, 0.4) is 0 Å². The Morgan fingerprint density at radius 1 is 1.24 bits per heavy atom. The van der Waals surface area contributed by atoms with Crippen molar-refractivity contribution in [2.45, 2.75) is 22.8 Å². The quantitative estimate of drug-likeness (QED) is 0.855. The molecule has 1 aliphatic heterocycles. The molecule has 21 heavy (non-hydrogen) atoms. The van der Waals surface area contributed by atoms with Crippen LogP contribution in [0, 0.1) is 0 Å². The molecule has 0 aliphatic carbocycles. The van der Waals surface area contributed by atoms with E-state index < -0.39 is 0 Å². The van der Waals surface area contributed by atoms with E-state index in [0.717, 1.165) is 32.1 Å². The number of hydrogen-bond acceptors (Lipinski definition) is 3. The zero-order chi connectivity index (χ0) is 14.8. The van der Waals surface area contributed by atoms with Gasteiger partial charge in [0.1, 0.15) is 6.04 Å². The molecule has 1 heterocycles. The van der Waals surface area contributed by atoms with E-state index in [-0.39, 0.29) is 11.9 Å². The van der Waals surface area contributed by atoms with Gasteiger partial charge in [-0.2, -0.15) is 0 Å². The summed E-state index contributed by atoms with van der Waals surface area (Å²) in [6, 6.07) is 14.1. The van der Waals surface area contributed by atoms with E-state index in [0.29, 0.717) is 0 Å². The summed E-state index contributed by atoms with van der Waals surface area (Å²) in [7, 11) is 0. The van der Waals surface area contributed by atoms with Crippen LogP contribution in [-0.2, 0) is 4.79 Å². The fourth-order valence-electron chi connectivity index (χ4n) is 2.38. The van der Waals surface area contributed by atoms with Gasteiger partial charge in [-0.1, -0.05) is 46.7 Å². The number of nitrogens with one attached hydrogen (secondary N) is 2. The normalized spacial score (nSPS) is 16.7. The number of hydrogen-bond donors (Lipinski definition) is 2.